The van der Waals surface area contributed by atoms with Crippen LogP contribution >= 0.6 is 0 Å². The molecule has 7 rings (SSSR count). The fourth-order valence-corrected chi connectivity index (χ4v) is 5.66. The molecule has 7 aromatic rings. The van der Waals surface area contributed by atoms with Crippen LogP contribution in [0.4, 0.5) is 0 Å². The molecular weight excluding hydrogens is 604 g/mol. The summed E-state index contributed by atoms with van der Waals surface area (Å²) >= 11 is 0. The largest absolute Gasteiger partial charge is 0.453 e. The molecule has 0 aliphatic carbocycles. The second-order valence-corrected chi connectivity index (χ2v) is 11.1. The van der Waals surface area contributed by atoms with Crippen molar-refractivity contribution in [3.05, 3.63) is 181 Å². The molecule has 0 aromatic heterocycles. The van der Waals surface area contributed by atoms with Crippen LogP contribution < -0.4 is 14.2 Å². The highest BCUT2D eigenvalue weighted by molar-refractivity contribution is 5.76. The van der Waals surface area contributed by atoms with Crippen molar-refractivity contribution in [3.8, 4) is 80.0 Å². The molecule has 5 heteroatoms. The summed E-state index contributed by atoms with van der Waals surface area (Å²) < 4.78 is 20.2. The molecule has 49 heavy (non-hydrogen) atoms. The van der Waals surface area contributed by atoms with Crippen LogP contribution in [0.15, 0.2) is 170 Å². The van der Waals surface area contributed by atoms with Crippen LogP contribution in [0.5, 0.6) is 34.5 Å². The molecule has 0 fully saturated rings. The fraction of sp³-hybridized carbons (Fsp3) is 0. The minimum Gasteiger partial charge on any atom is -0.453 e. The van der Waals surface area contributed by atoms with Crippen LogP contribution in [0.1, 0.15) is 11.1 Å². The third kappa shape index (κ3) is 6.46. The summed E-state index contributed by atoms with van der Waals surface area (Å²) in [7, 11) is 0. The third-order valence-corrected chi connectivity index (χ3v) is 7.99. The van der Waals surface area contributed by atoms with Gasteiger partial charge in [0, 0.05) is 22.8 Å². The topological polar surface area (TPSA) is 75.3 Å². The third-order valence-electron chi connectivity index (χ3n) is 7.99. The lowest BCUT2D eigenvalue weighted by Gasteiger charge is -2.21. The highest BCUT2D eigenvalue weighted by atomic mass is 16.5. The van der Waals surface area contributed by atoms with E-state index in [4.69, 9.17) is 14.2 Å². The van der Waals surface area contributed by atoms with Crippen molar-refractivity contribution in [2.75, 3.05) is 0 Å². The van der Waals surface area contributed by atoms with Crippen LogP contribution in [0.25, 0.3) is 33.4 Å². The standard InChI is InChI=1S/C44H28N2O3/c45-29-34-28-42(47-39-25-13-10-22-35(39)31-16-4-1-5-17-31)44(49-41-27-15-12-24-37(41)33-20-8-3-9-21-33)43(38(34)30-46)48-40-26-14-11-23-36(40)32-18-6-2-7-19-32/h1-28H. The normalized spacial score (nSPS) is 10.4. The molecule has 0 saturated heterocycles. The van der Waals surface area contributed by atoms with Gasteiger partial charge in [-0.2, -0.15) is 10.5 Å². The summed E-state index contributed by atoms with van der Waals surface area (Å²) in [6.45, 7) is 0. The van der Waals surface area contributed by atoms with Gasteiger partial charge in [-0.3, -0.25) is 0 Å². The first-order valence-electron chi connectivity index (χ1n) is 15.7. The molecule has 0 aliphatic heterocycles. The van der Waals surface area contributed by atoms with E-state index >= 15 is 0 Å². The van der Waals surface area contributed by atoms with Crippen molar-refractivity contribution in [3.63, 3.8) is 0 Å². The molecule has 7 aromatic carbocycles. The first-order chi connectivity index (χ1) is 24.2. The molecule has 0 bridgehead atoms. The van der Waals surface area contributed by atoms with E-state index in [0.717, 1.165) is 33.4 Å². The molecule has 0 radical (unpaired) electrons. The average molecular weight is 633 g/mol. The van der Waals surface area contributed by atoms with Crippen molar-refractivity contribution in [2.24, 2.45) is 0 Å². The van der Waals surface area contributed by atoms with Gasteiger partial charge in [0.15, 0.2) is 11.5 Å². The molecule has 5 nitrogen and oxygen atoms in total. The van der Waals surface area contributed by atoms with E-state index in [1.165, 1.54) is 6.07 Å². The van der Waals surface area contributed by atoms with Gasteiger partial charge in [0.05, 0.1) is 5.56 Å². The number of ether oxygens (including phenoxy) is 3. The molecule has 232 valence electrons. The molecule has 0 atom stereocenters. The molecule has 0 aliphatic rings. The van der Waals surface area contributed by atoms with Crippen molar-refractivity contribution >= 4 is 0 Å². The van der Waals surface area contributed by atoms with E-state index in [-0.39, 0.29) is 28.4 Å². The fourth-order valence-electron chi connectivity index (χ4n) is 5.66. The molecular formula is C44H28N2O3. The Morgan fingerprint density at radius 3 is 1.12 bits per heavy atom. The van der Waals surface area contributed by atoms with E-state index in [1.807, 2.05) is 164 Å². The maximum atomic E-state index is 10.5. The van der Waals surface area contributed by atoms with Gasteiger partial charge in [-0.05, 0) is 34.9 Å². The Morgan fingerprint density at radius 1 is 0.347 bits per heavy atom. The Balaban J connectivity index is 1.45. The van der Waals surface area contributed by atoms with Crippen LogP contribution in [-0.2, 0) is 0 Å². The van der Waals surface area contributed by atoms with Crippen LogP contribution in [0.3, 0.4) is 0 Å². The first-order valence-corrected chi connectivity index (χ1v) is 15.7. The molecule has 0 spiro atoms. The van der Waals surface area contributed by atoms with E-state index in [0.29, 0.717) is 17.2 Å². The quantitative estimate of drug-likeness (QED) is 0.158. The zero-order valence-electron chi connectivity index (χ0n) is 26.3. The summed E-state index contributed by atoms with van der Waals surface area (Å²) in [5.41, 5.74) is 5.43. The highest BCUT2D eigenvalue weighted by Crippen LogP contribution is 2.50. The van der Waals surface area contributed by atoms with Gasteiger partial charge in [-0.15, -0.1) is 0 Å². The minimum atomic E-state index is 0.0289. The zero-order chi connectivity index (χ0) is 33.4. The van der Waals surface area contributed by atoms with Gasteiger partial charge in [-0.1, -0.05) is 146 Å². The summed E-state index contributed by atoms with van der Waals surface area (Å²) in [4.78, 5) is 0. The lowest BCUT2D eigenvalue weighted by atomic mass is 10.0. The number of rotatable bonds is 9. The van der Waals surface area contributed by atoms with Crippen molar-refractivity contribution in [1.29, 1.82) is 10.5 Å². The Kier molecular flexibility index (Phi) is 8.82. The van der Waals surface area contributed by atoms with Gasteiger partial charge < -0.3 is 14.2 Å². The van der Waals surface area contributed by atoms with Gasteiger partial charge in [0.2, 0.25) is 5.75 Å². The van der Waals surface area contributed by atoms with Crippen LogP contribution in [0, 0.1) is 22.7 Å². The first kappa shape index (κ1) is 30.6. The number of hydrogen-bond donors (Lipinski definition) is 0. The van der Waals surface area contributed by atoms with Crippen molar-refractivity contribution in [1.82, 2.24) is 0 Å². The highest BCUT2D eigenvalue weighted by Gasteiger charge is 2.26. The van der Waals surface area contributed by atoms with Gasteiger partial charge in [-0.25, -0.2) is 0 Å². The van der Waals surface area contributed by atoms with E-state index in [9.17, 15) is 10.5 Å². The zero-order valence-corrected chi connectivity index (χ0v) is 26.3. The summed E-state index contributed by atoms with van der Waals surface area (Å²) in [6.07, 6.45) is 0. The van der Waals surface area contributed by atoms with Gasteiger partial charge in [0.25, 0.3) is 0 Å². The number of nitriles is 2. The maximum absolute atomic E-state index is 10.5. The maximum Gasteiger partial charge on any atom is 0.213 e. The second kappa shape index (κ2) is 14.1. The van der Waals surface area contributed by atoms with Crippen molar-refractivity contribution in [2.45, 2.75) is 0 Å². The molecule has 0 amide bonds. The Hall–Kier alpha value is -7.08. The predicted molar refractivity (Wildman–Crippen MR) is 192 cm³/mol. The second-order valence-electron chi connectivity index (χ2n) is 11.1. The summed E-state index contributed by atoms with van der Waals surface area (Å²) in [5, 5.41) is 20.8. The van der Waals surface area contributed by atoms with E-state index in [1.54, 1.807) is 0 Å². The average Bonchev–Trinajstić information content (AvgIpc) is 3.17. The molecule has 0 N–H and O–H groups in total. The molecule has 0 unspecified atom stereocenters. The van der Waals surface area contributed by atoms with Crippen LogP contribution in [0.2, 0.25) is 0 Å². The van der Waals surface area contributed by atoms with Crippen LogP contribution in [-0.4, -0.2) is 0 Å². The number of hydrogen-bond acceptors (Lipinski definition) is 5. The van der Waals surface area contributed by atoms with Gasteiger partial charge >= 0.3 is 0 Å². The van der Waals surface area contributed by atoms with Crippen molar-refractivity contribution < 1.29 is 14.2 Å². The smallest absolute Gasteiger partial charge is 0.213 e. The van der Waals surface area contributed by atoms with E-state index < -0.39 is 0 Å². The monoisotopic (exact) mass is 632 g/mol. The SMILES string of the molecule is N#Cc1cc(Oc2ccccc2-c2ccccc2)c(Oc2ccccc2-c2ccccc2)c(Oc2ccccc2-c2ccccc2)c1C#N. The summed E-state index contributed by atoms with van der Waals surface area (Å²) in [5.74, 6) is 1.99. The van der Waals surface area contributed by atoms with Gasteiger partial charge in [0.1, 0.15) is 35.0 Å². The predicted octanol–water partition coefficient (Wildman–Crippen LogP) is 11.8. The Bertz CT molecular complexity index is 2320. The Morgan fingerprint density at radius 2 is 0.714 bits per heavy atom. The minimum absolute atomic E-state index is 0.0289. The number of para-hydroxylation sites is 3. The summed E-state index contributed by atoms with van der Waals surface area (Å²) in [6, 6.07) is 58.4. The molecule has 0 saturated carbocycles. The lowest BCUT2D eigenvalue weighted by molar-refractivity contribution is 0.387. The Labute approximate surface area is 285 Å². The number of benzene rings is 7. The lowest BCUT2D eigenvalue weighted by Crippen LogP contribution is -2.01. The molecule has 0 heterocycles. The van der Waals surface area contributed by atoms with E-state index in [2.05, 4.69) is 12.1 Å². The number of nitrogens with zero attached hydrogens (tertiary/aromatic N) is 2.